The van der Waals surface area contributed by atoms with Gasteiger partial charge in [0.25, 0.3) is 0 Å². The zero-order valence-corrected chi connectivity index (χ0v) is 8.44. The van der Waals surface area contributed by atoms with E-state index in [2.05, 4.69) is 4.98 Å². The zero-order valence-electron chi connectivity index (χ0n) is 8.44. The summed E-state index contributed by atoms with van der Waals surface area (Å²) in [6.45, 7) is 1.95. The second kappa shape index (κ2) is 3.96. The molecular formula is C11H16N2O. The van der Waals surface area contributed by atoms with E-state index in [1.54, 1.807) is 6.20 Å². The normalized spacial score (nSPS) is 18.7. The third-order valence-electron chi connectivity index (χ3n) is 2.62. The zero-order chi connectivity index (χ0) is 9.97. The molecule has 1 heterocycles. The van der Waals surface area contributed by atoms with Crippen molar-refractivity contribution in [3.05, 3.63) is 23.9 Å². The maximum Gasteiger partial charge on any atom is 0.218 e. The molecule has 1 aliphatic rings. The lowest BCUT2D eigenvalue weighted by atomic mass is 9.96. The topological polar surface area (TPSA) is 48.1 Å². The third-order valence-corrected chi connectivity index (χ3v) is 2.62. The maximum atomic E-state index is 5.83. The van der Waals surface area contributed by atoms with Crippen molar-refractivity contribution in [2.45, 2.75) is 38.3 Å². The molecule has 1 aliphatic carbocycles. The van der Waals surface area contributed by atoms with E-state index < -0.39 is 0 Å². The summed E-state index contributed by atoms with van der Waals surface area (Å²) >= 11 is 0. The summed E-state index contributed by atoms with van der Waals surface area (Å²) in [5, 5.41) is 0. The van der Waals surface area contributed by atoms with Crippen LogP contribution in [0, 0.1) is 0 Å². The molecule has 0 radical (unpaired) electrons. The molecule has 3 nitrogen and oxygen atoms in total. The van der Waals surface area contributed by atoms with E-state index in [1.807, 2.05) is 19.1 Å². The lowest BCUT2D eigenvalue weighted by Crippen LogP contribution is -2.26. The average Bonchev–Trinajstić information content (AvgIpc) is 2.12. The fourth-order valence-electron chi connectivity index (χ4n) is 1.49. The van der Waals surface area contributed by atoms with Gasteiger partial charge in [0.05, 0.1) is 0 Å². The van der Waals surface area contributed by atoms with E-state index in [-0.39, 0.29) is 6.04 Å². The molecular weight excluding hydrogens is 176 g/mol. The maximum absolute atomic E-state index is 5.83. The van der Waals surface area contributed by atoms with E-state index in [9.17, 15) is 0 Å². The van der Waals surface area contributed by atoms with Gasteiger partial charge in [0.1, 0.15) is 6.10 Å². The van der Waals surface area contributed by atoms with Crippen LogP contribution < -0.4 is 10.5 Å². The summed E-state index contributed by atoms with van der Waals surface area (Å²) in [5.41, 5.74) is 6.83. The van der Waals surface area contributed by atoms with E-state index in [4.69, 9.17) is 10.5 Å². The van der Waals surface area contributed by atoms with Crippen molar-refractivity contribution in [1.82, 2.24) is 4.98 Å². The fourth-order valence-corrected chi connectivity index (χ4v) is 1.49. The van der Waals surface area contributed by atoms with Gasteiger partial charge in [-0.25, -0.2) is 4.98 Å². The van der Waals surface area contributed by atoms with Crippen LogP contribution in [-0.2, 0) is 0 Å². The highest BCUT2D eigenvalue weighted by Gasteiger charge is 2.21. The summed E-state index contributed by atoms with van der Waals surface area (Å²) < 4.78 is 5.75. The van der Waals surface area contributed by atoms with Gasteiger partial charge in [-0.05, 0) is 32.3 Å². The molecule has 3 heteroatoms. The van der Waals surface area contributed by atoms with E-state index in [1.165, 1.54) is 6.42 Å². The van der Waals surface area contributed by atoms with Gasteiger partial charge in [0.15, 0.2) is 0 Å². The minimum atomic E-state index is -0.0150. The second-order valence-corrected chi connectivity index (χ2v) is 3.86. The van der Waals surface area contributed by atoms with Crippen LogP contribution in [-0.4, -0.2) is 11.1 Å². The van der Waals surface area contributed by atoms with Crippen LogP contribution in [0.3, 0.4) is 0 Å². The molecule has 0 aromatic carbocycles. The Morgan fingerprint density at radius 3 is 2.93 bits per heavy atom. The molecule has 14 heavy (non-hydrogen) atoms. The molecule has 0 spiro atoms. The van der Waals surface area contributed by atoms with Gasteiger partial charge in [-0.2, -0.15) is 0 Å². The largest absolute Gasteiger partial charge is 0.474 e. The molecule has 0 amide bonds. The van der Waals surface area contributed by atoms with Gasteiger partial charge < -0.3 is 10.5 Å². The molecule has 0 aliphatic heterocycles. The van der Waals surface area contributed by atoms with Gasteiger partial charge in [0.2, 0.25) is 5.88 Å². The number of pyridine rings is 1. The van der Waals surface area contributed by atoms with E-state index in [0.29, 0.717) is 12.0 Å². The number of nitrogens with two attached hydrogens (primary N) is 1. The van der Waals surface area contributed by atoms with Crippen LogP contribution in [0.5, 0.6) is 5.88 Å². The van der Waals surface area contributed by atoms with Crippen LogP contribution in [0.15, 0.2) is 18.3 Å². The summed E-state index contributed by atoms with van der Waals surface area (Å²) in [7, 11) is 0. The minimum absolute atomic E-state index is 0.0150. The Kier molecular flexibility index (Phi) is 2.68. The lowest BCUT2D eigenvalue weighted by molar-refractivity contribution is 0.113. The molecule has 2 N–H and O–H groups in total. The highest BCUT2D eigenvalue weighted by molar-refractivity contribution is 5.28. The first-order chi connectivity index (χ1) is 6.77. The van der Waals surface area contributed by atoms with Crippen molar-refractivity contribution in [3.63, 3.8) is 0 Å². The highest BCUT2D eigenvalue weighted by atomic mass is 16.5. The second-order valence-electron chi connectivity index (χ2n) is 3.86. The van der Waals surface area contributed by atoms with E-state index >= 15 is 0 Å². The monoisotopic (exact) mass is 192 g/mol. The Labute approximate surface area is 84.3 Å². The quantitative estimate of drug-likeness (QED) is 0.797. The van der Waals surface area contributed by atoms with Gasteiger partial charge in [-0.1, -0.05) is 6.07 Å². The number of aromatic nitrogens is 1. The smallest absolute Gasteiger partial charge is 0.218 e. The molecule has 2 rings (SSSR count). The molecule has 1 fully saturated rings. The van der Waals surface area contributed by atoms with Crippen molar-refractivity contribution in [2.24, 2.45) is 5.73 Å². The predicted octanol–water partition coefficient (Wildman–Crippen LogP) is 2.03. The number of nitrogens with zero attached hydrogens (tertiary/aromatic N) is 1. The minimum Gasteiger partial charge on any atom is -0.474 e. The van der Waals surface area contributed by atoms with Crippen molar-refractivity contribution in [2.75, 3.05) is 0 Å². The van der Waals surface area contributed by atoms with E-state index in [0.717, 1.165) is 18.4 Å². The third kappa shape index (κ3) is 1.87. The Balaban J connectivity index is 2.13. The van der Waals surface area contributed by atoms with Crippen LogP contribution in [0.1, 0.15) is 37.8 Å². The average molecular weight is 192 g/mol. The van der Waals surface area contributed by atoms with Crippen LogP contribution in [0.4, 0.5) is 0 Å². The summed E-state index contributed by atoms with van der Waals surface area (Å²) in [5.74, 6) is 0.715. The molecule has 1 aromatic heterocycles. The van der Waals surface area contributed by atoms with Crippen molar-refractivity contribution < 1.29 is 4.74 Å². The molecule has 1 aromatic rings. The number of hydrogen-bond acceptors (Lipinski definition) is 3. The highest BCUT2D eigenvalue weighted by Crippen LogP contribution is 2.27. The van der Waals surface area contributed by atoms with Gasteiger partial charge in [-0.15, -0.1) is 0 Å². The predicted molar refractivity (Wildman–Crippen MR) is 55.1 cm³/mol. The molecule has 1 atom stereocenters. The summed E-state index contributed by atoms with van der Waals surface area (Å²) in [6, 6.07) is 3.86. The SMILES string of the molecule is CC(N)c1cccnc1OC1CCC1. The molecule has 1 saturated carbocycles. The lowest BCUT2D eigenvalue weighted by Gasteiger charge is -2.27. The first-order valence-corrected chi connectivity index (χ1v) is 5.14. The molecule has 76 valence electrons. The first kappa shape index (κ1) is 9.46. The molecule has 0 bridgehead atoms. The number of hydrogen-bond donors (Lipinski definition) is 1. The van der Waals surface area contributed by atoms with Crippen molar-refractivity contribution in [1.29, 1.82) is 0 Å². The Hall–Kier alpha value is -1.09. The summed E-state index contributed by atoms with van der Waals surface area (Å²) in [6.07, 6.45) is 5.68. The van der Waals surface area contributed by atoms with Crippen LogP contribution >= 0.6 is 0 Å². The van der Waals surface area contributed by atoms with Gasteiger partial charge in [-0.3, -0.25) is 0 Å². The number of ether oxygens (including phenoxy) is 1. The van der Waals surface area contributed by atoms with Gasteiger partial charge >= 0.3 is 0 Å². The molecule has 1 unspecified atom stereocenters. The Morgan fingerprint density at radius 1 is 1.57 bits per heavy atom. The van der Waals surface area contributed by atoms with Gasteiger partial charge in [0, 0.05) is 17.8 Å². The molecule has 0 saturated heterocycles. The van der Waals surface area contributed by atoms with Crippen molar-refractivity contribution in [3.8, 4) is 5.88 Å². The standard InChI is InChI=1S/C11H16N2O/c1-8(12)10-6-3-7-13-11(10)14-9-4-2-5-9/h3,6-9H,2,4-5,12H2,1H3. The number of rotatable bonds is 3. The first-order valence-electron chi connectivity index (χ1n) is 5.14. The fraction of sp³-hybridized carbons (Fsp3) is 0.545. The van der Waals surface area contributed by atoms with Crippen molar-refractivity contribution >= 4 is 0 Å². The summed E-state index contributed by atoms with van der Waals surface area (Å²) in [4.78, 5) is 4.22. The van der Waals surface area contributed by atoms with Crippen LogP contribution in [0.2, 0.25) is 0 Å². The Morgan fingerprint density at radius 2 is 2.36 bits per heavy atom. The van der Waals surface area contributed by atoms with Crippen LogP contribution in [0.25, 0.3) is 0 Å². The Bertz CT molecular complexity index is 308.